The molecule has 5 heteroatoms. The summed E-state index contributed by atoms with van der Waals surface area (Å²) in [5, 5.41) is 2.54. The number of rotatable bonds is 4. The van der Waals surface area contributed by atoms with Crippen LogP contribution in [0.4, 0.5) is 0 Å². The number of hydrogen-bond donors (Lipinski definition) is 0. The van der Waals surface area contributed by atoms with Crippen molar-refractivity contribution in [3.63, 3.8) is 0 Å². The van der Waals surface area contributed by atoms with E-state index in [4.69, 9.17) is 4.98 Å². The second-order valence-electron chi connectivity index (χ2n) is 9.96. The molecule has 0 bridgehead atoms. The van der Waals surface area contributed by atoms with Crippen LogP contribution in [-0.4, -0.2) is 9.55 Å². The summed E-state index contributed by atoms with van der Waals surface area (Å²) in [4.78, 5) is 7.60. The molecule has 1 atom stereocenters. The van der Waals surface area contributed by atoms with Crippen molar-refractivity contribution in [2.45, 2.75) is 0 Å². The average molecular weight is 551 g/mol. The van der Waals surface area contributed by atoms with Gasteiger partial charge in [0.2, 0.25) is 0 Å². The van der Waals surface area contributed by atoms with Gasteiger partial charge in [0.05, 0.1) is 16.7 Å². The first-order chi connectivity index (χ1) is 19.7. The number of benzene rings is 5. The van der Waals surface area contributed by atoms with Crippen molar-refractivity contribution in [2.75, 3.05) is 0 Å². The average Bonchev–Trinajstić information content (AvgIpc) is 3.67. The maximum absolute atomic E-state index is 15.1. The van der Waals surface area contributed by atoms with Crippen LogP contribution in [0, 0.1) is 0 Å². The molecule has 40 heavy (non-hydrogen) atoms. The first-order valence-electron chi connectivity index (χ1n) is 13.3. The van der Waals surface area contributed by atoms with Crippen LogP contribution in [0.25, 0.3) is 49.0 Å². The third-order valence-electron chi connectivity index (χ3n) is 7.67. The van der Waals surface area contributed by atoms with Crippen LogP contribution < -0.4 is 15.9 Å². The van der Waals surface area contributed by atoms with E-state index in [2.05, 4.69) is 71.3 Å². The van der Waals surface area contributed by atoms with Gasteiger partial charge in [-0.3, -0.25) is 4.57 Å². The maximum atomic E-state index is 15.1. The monoisotopic (exact) mass is 550 g/mol. The Balaban J connectivity index is 1.28. The fourth-order valence-electron chi connectivity index (χ4n) is 5.79. The number of hydrogen-bond acceptors (Lipinski definition) is 3. The molecule has 0 aliphatic carbocycles. The molecule has 0 radical (unpaired) electrons. The molecule has 1 aliphatic rings. The first-order valence-corrected chi connectivity index (χ1v) is 15.8. The highest BCUT2D eigenvalue weighted by atomic mass is 32.1. The van der Waals surface area contributed by atoms with Crippen molar-refractivity contribution in [3.05, 3.63) is 140 Å². The summed E-state index contributed by atoms with van der Waals surface area (Å²) in [5.74, 6) is 0.858. The van der Waals surface area contributed by atoms with Gasteiger partial charge in [0.1, 0.15) is 5.82 Å². The minimum absolute atomic E-state index is 0.845. The standard InChI is InChI=1S/C35H23N2OPS/c38-39(27-12-5-2-6-13-27)30-16-8-7-15-29(30)37-34-28(14-9-17-31(34)39)36-35(37)26-20-18-25(19-21-26)33-23-22-32(40-33)24-10-3-1-4-11-24/h1-23H. The molecule has 1 unspecified atom stereocenters. The molecule has 0 N–H and O–H groups in total. The third-order valence-corrected chi connectivity index (χ3v) is 12.0. The summed E-state index contributed by atoms with van der Waals surface area (Å²) in [5.41, 5.74) is 6.16. The molecule has 190 valence electrons. The number of fused-ring (bicyclic) bond motifs is 2. The van der Waals surface area contributed by atoms with E-state index in [0.717, 1.165) is 44.0 Å². The van der Waals surface area contributed by atoms with Gasteiger partial charge in [0, 0.05) is 31.2 Å². The number of thiophene rings is 1. The van der Waals surface area contributed by atoms with Gasteiger partial charge >= 0.3 is 0 Å². The smallest absolute Gasteiger partial charge is 0.175 e. The molecule has 5 aromatic carbocycles. The molecule has 1 aliphatic heterocycles. The Morgan fingerprint density at radius 2 is 1.15 bits per heavy atom. The maximum Gasteiger partial charge on any atom is 0.175 e. The summed E-state index contributed by atoms with van der Waals surface area (Å²) in [6.45, 7) is 0. The molecule has 3 nitrogen and oxygen atoms in total. The summed E-state index contributed by atoms with van der Waals surface area (Å²) >= 11 is 1.80. The highest BCUT2D eigenvalue weighted by Crippen LogP contribution is 2.50. The molecule has 0 spiro atoms. The molecule has 8 rings (SSSR count). The first kappa shape index (κ1) is 23.4. The molecule has 0 saturated carbocycles. The summed E-state index contributed by atoms with van der Waals surface area (Å²) in [7, 11) is -3.07. The topological polar surface area (TPSA) is 34.9 Å². The van der Waals surface area contributed by atoms with Gasteiger partial charge in [0.15, 0.2) is 7.14 Å². The van der Waals surface area contributed by atoms with Gasteiger partial charge in [-0.05, 0) is 47.5 Å². The zero-order valence-corrected chi connectivity index (χ0v) is 23.1. The van der Waals surface area contributed by atoms with Crippen molar-refractivity contribution in [3.8, 4) is 38.0 Å². The second kappa shape index (κ2) is 9.02. The van der Waals surface area contributed by atoms with Crippen LogP contribution in [0.3, 0.4) is 0 Å². The van der Waals surface area contributed by atoms with Crippen molar-refractivity contribution in [1.29, 1.82) is 0 Å². The predicted molar refractivity (Wildman–Crippen MR) is 168 cm³/mol. The molecule has 2 aromatic heterocycles. The lowest BCUT2D eigenvalue weighted by Gasteiger charge is -2.29. The van der Waals surface area contributed by atoms with Crippen LogP contribution in [0.2, 0.25) is 0 Å². The van der Waals surface area contributed by atoms with Crippen LogP contribution in [0.1, 0.15) is 0 Å². The Labute approximate surface area is 236 Å². The SMILES string of the molecule is O=P1(c2ccccc2)c2ccccc2-n2c(-c3ccc(-c4ccc(-c5ccccc5)s4)cc3)nc3cccc1c32. The lowest BCUT2D eigenvalue weighted by Crippen LogP contribution is -2.32. The Morgan fingerprint density at radius 3 is 1.90 bits per heavy atom. The molecule has 3 heterocycles. The number of aromatic nitrogens is 2. The Morgan fingerprint density at radius 1 is 0.550 bits per heavy atom. The normalized spacial score (nSPS) is 15.7. The predicted octanol–water partition coefficient (Wildman–Crippen LogP) is 8.04. The van der Waals surface area contributed by atoms with Crippen LogP contribution in [0.5, 0.6) is 0 Å². The largest absolute Gasteiger partial charge is 0.308 e. The van der Waals surface area contributed by atoms with Crippen LogP contribution >= 0.6 is 18.5 Å². The fourth-order valence-corrected chi connectivity index (χ4v) is 9.82. The Hall–Kier alpha value is -4.50. The quantitative estimate of drug-likeness (QED) is 0.208. The number of nitrogens with zero attached hydrogens (tertiary/aromatic N) is 2. The van der Waals surface area contributed by atoms with Gasteiger partial charge in [-0.1, -0.05) is 103 Å². The lowest BCUT2D eigenvalue weighted by atomic mass is 10.1. The van der Waals surface area contributed by atoms with Gasteiger partial charge in [0.25, 0.3) is 0 Å². The van der Waals surface area contributed by atoms with E-state index in [1.807, 2.05) is 72.8 Å². The van der Waals surface area contributed by atoms with Gasteiger partial charge < -0.3 is 4.57 Å². The third kappa shape index (κ3) is 3.43. The number of imidazole rings is 1. The van der Waals surface area contributed by atoms with Gasteiger partial charge in [-0.15, -0.1) is 11.3 Å². The van der Waals surface area contributed by atoms with E-state index in [1.165, 1.54) is 20.9 Å². The van der Waals surface area contributed by atoms with E-state index < -0.39 is 7.14 Å². The van der Waals surface area contributed by atoms with Crippen LogP contribution in [-0.2, 0) is 4.57 Å². The zero-order chi connectivity index (χ0) is 26.7. The molecular formula is C35H23N2OPS. The van der Waals surface area contributed by atoms with Gasteiger partial charge in [-0.2, -0.15) is 0 Å². The number of para-hydroxylation sites is 2. The fraction of sp³-hybridized carbons (Fsp3) is 0. The van der Waals surface area contributed by atoms with Crippen molar-refractivity contribution >= 4 is 45.4 Å². The molecule has 0 amide bonds. The minimum Gasteiger partial charge on any atom is -0.308 e. The Kier molecular flexibility index (Phi) is 5.28. The molecule has 7 aromatic rings. The van der Waals surface area contributed by atoms with Gasteiger partial charge in [-0.25, -0.2) is 4.98 Å². The van der Waals surface area contributed by atoms with E-state index in [9.17, 15) is 0 Å². The lowest BCUT2D eigenvalue weighted by molar-refractivity contribution is 0.592. The highest BCUT2D eigenvalue weighted by Gasteiger charge is 2.39. The summed E-state index contributed by atoms with van der Waals surface area (Å²) < 4.78 is 17.3. The van der Waals surface area contributed by atoms with E-state index in [1.54, 1.807) is 11.3 Å². The molecule has 0 fully saturated rings. The van der Waals surface area contributed by atoms with E-state index in [0.29, 0.717) is 0 Å². The summed E-state index contributed by atoms with van der Waals surface area (Å²) in [6.07, 6.45) is 0. The minimum atomic E-state index is -3.07. The zero-order valence-electron chi connectivity index (χ0n) is 21.4. The highest BCUT2D eigenvalue weighted by molar-refractivity contribution is 7.86. The Bertz CT molecular complexity index is 2080. The van der Waals surface area contributed by atoms with E-state index in [-0.39, 0.29) is 0 Å². The molecule has 0 saturated heterocycles. The van der Waals surface area contributed by atoms with E-state index >= 15 is 4.57 Å². The van der Waals surface area contributed by atoms with Crippen molar-refractivity contribution in [1.82, 2.24) is 9.55 Å². The van der Waals surface area contributed by atoms with Crippen LogP contribution in [0.15, 0.2) is 140 Å². The van der Waals surface area contributed by atoms with Crippen molar-refractivity contribution in [2.24, 2.45) is 0 Å². The second-order valence-corrected chi connectivity index (χ2v) is 13.7. The van der Waals surface area contributed by atoms with Crippen molar-refractivity contribution < 1.29 is 4.57 Å². The molecular weight excluding hydrogens is 527 g/mol. The summed E-state index contributed by atoms with van der Waals surface area (Å²) in [6, 6.07) is 47.5.